The first-order chi connectivity index (χ1) is 3.72. The average Bonchev–Trinajstić information content (AvgIpc) is 1.84. The summed E-state index contributed by atoms with van der Waals surface area (Å²) in [6.45, 7) is 2.95. The number of nitrogens with zero attached hydrogens (tertiary/aromatic N) is 1. The third-order valence-electron chi connectivity index (χ3n) is 0.537. The van der Waals surface area contributed by atoms with Gasteiger partial charge in [-0.2, -0.15) is 9.91 Å². The molecule has 0 saturated carbocycles. The van der Waals surface area contributed by atoms with Crippen molar-refractivity contribution in [1.29, 1.82) is 0 Å². The molecular weight excluding hydrogens is 110 g/mol. The summed E-state index contributed by atoms with van der Waals surface area (Å²) < 4.78 is 4.11. The second-order valence-electron chi connectivity index (χ2n) is 0.998. The fraction of sp³-hybridized carbons (Fsp3) is 0.333. The second-order valence-corrected chi connectivity index (χ2v) is 0.998. The van der Waals surface area contributed by atoms with Gasteiger partial charge in [-0.15, -0.1) is 0 Å². The highest BCUT2D eigenvalue weighted by molar-refractivity contribution is 5.56. The Morgan fingerprint density at radius 3 is 2.62 bits per heavy atom. The minimum atomic E-state index is -0.764. The molecule has 0 aliphatic carbocycles. The van der Waals surface area contributed by atoms with E-state index in [1.165, 1.54) is 7.11 Å². The highest BCUT2D eigenvalue weighted by Crippen LogP contribution is 1.60. The van der Waals surface area contributed by atoms with Crippen LogP contribution in [0.25, 0.3) is 5.84 Å². The smallest absolute Gasteiger partial charge is 0.430 e. The molecule has 0 fully saturated rings. The van der Waals surface area contributed by atoms with Crippen LogP contribution < -0.4 is 5.12 Å². The van der Waals surface area contributed by atoms with Crippen molar-refractivity contribution >= 4 is 12.8 Å². The molecule has 0 aromatic heterocycles. The zero-order valence-corrected chi connectivity index (χ0v) is 4.47. The number of quaternary nitrogens is 1. The zero-order valence-electron chi connectivity index (χ0n) is 4.47. The number of methoxy groups -OCH3 is 1. The monoisotopic (exact) mass is 117 g/mol. The van der Waals surface area contributed by atoms with Crippen LogP contribution in [0.15, 0.2) is 5.10 Å². The Bertz CT molecular complexity index is 103. The van der Waals surface area contributed by atoms with Gasteiger partial charge in [0.2, 0.25) is 0 Å². The summed E-state index contributed by atoms with van der Waals surface area (Å²) in [4.78, 5) is 10.2. The van der Waals surface area contributed by atoms with Crippen LogP contribution in [0.2, 0.25) is 0 Å². The number of hydrogen-bond acceptors (Lipinski definition) is 3. The van der Waals surface area contributed by atoms with Crippen LogP contribution in [0.5, 0.6) is 0 Å². The Labute approximate surface area is 46.7 Å². The van der Waals surface area contributed by atoms with Gasteiger partial charge >= 0.3 is 6.09 Å². The third-order valence-corrected chi connectivity index (χ3v) is 0.537. The number of amides is 1. The van der Waals surface area contributed by atoms with Crippen LogP contribution in [-0.2, 0) is 4.74 Å². The van der Waals surface area contributed by atoms with E-state index in [9.17, 15) is 4.79 Å². The normalized spacial score (nSPS) is 12.2. The molecule has 0 saturated heterocycles. The van der Waals surface area contributed by atoms with Crippen LogP contribution >= 0.6 is 0 Å². The number of nitrogens with one attached hydrogen (secondary N) is 2. The quantitative estimate of drug-likeness (QED) is 0.361. The summed E-state index contributed by atoms with van der Waals surface area (Å²) in [6, 6.07) is 0. The molecule has 0 bridgehead atoms. The lowest BCUT2D eigenvalue weighted by Gasteiger charge is -2.06. The maximum absolute atomic E-state index is 10.2. The van der Waals surface area contributed by atoms with E-state index in [1.807, 2.05) is 0 Å². The molecule has 0 radical (unpaired) electrons. The van der Waals surface area contributed by atoms with Crippen molar-refractivity contribution < 1.29 is 14.6 Å². The number of ether oxygens (including phenoxy) is 1. The van der Waals surface area contributed by atoms with Gasteiger partial charge < -0.3 is 10.6 Å². The molecule has 0 spiro atoms. The van der Waals surface area contributed by atoms with Crippen molar-refractivity contribution in [2.45, 2.75) is 0 Å². The number of carbonyl (C=O) groups excluding carboxylic acids is 1. The summed E-state index contributed by atoms with van der Waals surface area (Å²) >= 11 is 0. The van der Waals surface area contributed by atoms with Crippen molar-refractivity contribution in [2.75, 3.05) is 7.11 Å². The highest BCUT2D eigenvalue weighted by atomic mass is 16.5. The topological polar surface area (TPSA) is 66.9 Å². The number of rotatable bonds is 1. The first-order valence-corrected chi connectivity index (χ1v) is 1.86. The molecule has 0 aliphatic heterocycles. The minimum Gasteiger partial charge on any atom is -0.430 e. The lowest BCUT2D eigenvalue weighted by molar-refractivity contribution is -0.774. The Morgan fingerprint density at radius 1 is 2.00 bits per heavy atom. The van der Waals surface area contributed by atoms with Crippen LogP contribution in [0.1, 0.15) is 0 Å². The van der Waals surface area contributed by atoms with E-state index >= 15 is 0 Å². The molecule has 1 atom stereocenters. The molecule has 0 aromatic carbocycles. The van der Waals surface area contributed by atoms with Crippen molar-refractivity contribution in [2.24, 2.45) is 5.10 Å². The lowest BCUT2D eigenvalue weighted by atomic mass is 11.2. The molecular formula is C3H7N3O2. The van der Waals surface area contributed by atoms with Gasteiger partial charge in [0.05, 0.1) is 7.11 Å². The molecule has 1 amide bonds. The predicted molar refractivity (Wildman–Crippen MR) is 27.2 cm³/mol. The Hall–Kier alpha value is -0.940. The molecule has 5 nitrogen and oxygen atoms in total. The first kappa shape index (κ1) is 7.06. The fourth-order valence-electron chi connectivity index (χ4n) is 0.161. The molecule has 1 unspecified atom stereocenters. The largest absolute Gasteiger partial charge is 0.531 e. The van der Waals surface area contributed by atoms with Gasteiger partial charge in [0, 0.05) is 6.72 Å². The molecule has 0 aliphatic rings. The Morgan fingerprint density at radius 2 is 2.50 bits per heavy atom. The van der Waals surface area contributed by atoms with Crippen LogP contribution in [-0.4, -0.2) is 19.9 Å². The van der Waals surface area contributed by atoms with Gasteiger partial charge in [-0.05, 0) is 0 Å². The van der Waals surface area contributed by atoms with E-state index in [0.717, 1.165) is 0 Å². The third kappa shape index (κ3) is 1.67. The summed E-state index contributed by atoms with van der Waals surface area (Å²) in [5.74, 6) is 6.64. The second kappa shape index (κ2) is 3.11. The van der Waals surface area contributed by atoms with Gasteiger partial charge in [0.1, 0.15) is 0 Å². The highest BCUT2D eigenvalue weighted by Gasteiger charge is 2.05. The van der Waals surface area contributed by atoms with Crippen LogP contribution in [0.3, 0.4) is 0 Å². The molecule has 0 aromatic rings. The van der Waals surface area contributed by atoms with E-state index in [2.05, 4.69) is 16.6 Å². The van der Waals surface area contributed by atoms with Gasteiger partial charge in [0.25, 0.3) is 0 Å². The molecule has 0 heterocycles. The SMILES string of the molecule is C=N[NH+]([NH-])C(=O)OC. The zero-order chi connectivity index (χ0) is 6.57. The summed E-state index contributed by atoms with van der Waals surface area (Å²) in [6.07, 6.45) is -0.764. The summed E-state index contributed by atoms with van der Waals surface area (Å²) in [5.41, 5.74) is 0. The Balaban J connectivity index is 3.62. The molecule has 2 N–H and O–H groups in total. The van der Waals surface area contributed by atoms with Gasteiger partial charge in [-0.1, -0.05) is 5.10 Å². The van der Waals surface area contributed by atoms with Crippen molar-refractivity contribution in [3.8, 4) is 0 Å². The molecule has 46 valence electrons. The van der Waals surface area contributed by atoms with Crippen molar-refractivity contribution in [3.63, 3.8) is 0 Å². The van der Waals surface area contributed by atoms with E-state index in [-0.39, 0.29) is 0 Å². The van der Waals surface area contributed by atoms with Gasteiger partial charge in [-0.3, -0.25) is 0 Å². The maximum Gasteiger partial charge on any atom is 0.531 e. The van der Waals surface area contributed by atoms with Crippen LogP contribution in [0, 0.1) is 0 Å². The molecule has 0 rings (SSSR count). The maximum atomic E-state index is 10.2. The van der Waals surface area contributed by atoms with E-state index in [0.29, 0.717) is 0 Å². The minimum absolute atomic E-state index is 0.465. The Kier molecular flexibility index (Phi) is 2.75. The van der Waals surface area contributed by atoms with Crippen molar-refractivity contribution in [1.82, 2.24) is 0 Å². The summed E-state index contributed by atoms with van der Waals surface area (Å²) in [5, 5.41) is 2.55. The standard InChI is InChI=1S/C3H7N3O2/c1-5-6(4)3(7)8-2/h4,6H,1H2,2H3. The summed E-state index contributed by atoms with van der Waals surface area (Å²) in [7, 11) is 1.18. The van der Waals surface area contributed by atoms with Crippen LogP contribution in [0.4, 0.5) is 4.79 Å². The van der Waals surface area contributed by atoms with E-state index in [1.54, 1.807) is 0 Å². The van der Waals surface area contributed by atoms with E-state index in [4.69, 9.17) is 5.84 Å². The van der Waals surface area contributed by atoms with Gasteiger partial charge in [-0.25, -0.2) is 0 Å². The average molecular weight is 117 g/mol. The molecule has 5 heteroatoms. The number of carbonyl (C=O) groups is 1. The fourth-order valence-corrected chi connectivity index (χ4v) is 0.161. The molecule has 8 heavy (non-hydrogen) atoms. The predicted octanol–water partition coefficient (Wildman–Crippen LogP) is -0.780. The van der Waals surface area contributed by atoms with Gasteiger partial charge in [0.15, 0.2) is 0 Å². The lowest BCUT2D eigenvalue weighted by Crippen LogP contribution is -3.03. The van der Waals surface area contributed by atoms with Crippen molar-refractivity contribution in [3.05, 3.63) is 5.84 Å². The van der Waals surface area contributed by atoms with E-state index < -0.39 is 11.2 Å². The first-order valence-electron chi connectivity index (χ1n) is 1.86. The number of hydrogen-bond donors (Lipinski definition) is 1.